The molecule has 0 saturated heterocycles. The van der Waals surface area contributed by atoms with Gasteiger partial charge in [0.1, 0.15) is 11.4 Å². The fourth-order valence-electron chi connectivity index (χ4n) is 0.898. The maximum atomic E-state index is 9.67. The lowest BCUT2D eigenvalue weighted by Gasteiger charge is -2.20. The van der Waals surface area contributed by atoms with Crippen LogP contribution in [-0.4, -0.2) is 16.1 Å². The van der Waals surface area contributed by atoms with Crippen molar-refractivity contribution < 1.29 is 10.2 Å². The lowest BCUT2D eigenvalue weighted by molar-refractivity contribution is 0.0824. The molecule has 66 valence electrons. The molecule has 0 radical (unpaired) electrons. The predicted molar refractivity (Wildman–Crippen MR) is 48.4 cm³/mol. The van der Waals surface area contributed by atoms with Crippen molar-refractivity contribution in [1.82, 2.24) is 0 Å². The summed E-state index contributed by atoms with van der Waals surface area (Å²) in [6.07, 6.45) is 0. The van der Waals surface area contributed by atoms with E-state index in [1.807, 2.05) is 0 Å². The largest absolute Gasteiger partial charge is 0.508 e. The van der Waals surface area contributed by atoms with Gasteiger partial charge >= 0.3 is 0 Å². The molecule has 2 N–H and O–H groups in total. The SMILES string of the molecule is CC(O)(CCl)c1ccc(O)cc1. The molecule has 0 fully saturated rings. The molecule has 1 aromatic carbocycles. The Labute approximate surface area is 76.4 Å². The Hall–Kier alpha value is -0.730. The molecule has 0 spiro atoms. The minimum absolute atomic E-state index is 0.137. The van der Waals surface area contributed by atoms with Crippen LogP contribution in [0.1, 0.15) is 12.5 Å². The topological polar surface area (TPSA) is 40.5 Å². The molecule has 0 heterocycles. The van der Waals surface area contributed by atoms with Gasteiger partial charge in [-0.15, -0.1) is 11.6 Å². The Morgan fingerprint density at radius 1 is 1.33 bits per heavy atom. The molecule has 0 aliphatic rings. The fourth-order valence-corrected chi connectivity index (χ4v) is 1.05. The van der Waals surface area contributed by atoms with Gasteiger partial charge in [0.05, 0.1) is 5.88 Å². The summed E-state index contributed by atoms with van der Waals surface area (Å²) in [5.41, 5.74) is -0.315. The highest BCUT2D eigenvalue weighted by Crippen LogP contribution is 2.23. The Morgan fingerprint density at radius 2 is 1.83 bits per heavy atom. The van der Waals surface area contributed by atoms with E-state index < -0.39 is 5.60 Å². The summed E-state index contributed by atoms with van der Waals surface area (Å²) in [5.74, 6) is 0.321. The van der Waals surface area contributed by atoms with Crippen LogP contribution in [0.25, 0.3) is 0 Å². The molecule has 0 aliphatic carbocycles. The summed E-state index contributed by atoms with van der Waals surface area (Å²) in [6, 6.07) is 6.35. The molecule has 0 saturated carbocycles. The molecule has 1 rings (SSSR count). The van der Waals surface area contributed by atoms with E-state index in [-0.39, 0.29) is 11.6 Å². The molecule has 3 heteroatoms. The number of phenolic OH excluding ortho intramolecular Hbond substituents is 1. The summed E-state index contributed by atoms with van der Waals surface area (Å²) >= 11 is 5.56. The summed E-state index contributed by atoms with van der Waals surface area (Å²) in [4.78, 5) is 0. The van der Waals surface area contributed by atoms with Crippen molar-refractivity contribution >= 4 is 11.6 Å². The number of phenols is 1. The van der Waals surface area contributed by atoms with Crippen molar-refractivity contribution in [2.75, 3.05) is 5.88 Å². The van der Waals surface area contributed by atoms with Gasteiger partial charge in [0.15, 0.2) is 0 Å². The van der Waals surface area contributed by atoms with Crippen LogP contribution in [0.4, 0.5) is 0 Å². The van der Waals surface area contributed by atoms with E-state index in [0.29, 0.717) is 5.56 Å². The van der Waals surface area contributed by atoms with E-state index >= 15 is 0 Å². The van der Waals surface area contributed by atoms with E-state index in [2.05, 4.69) is 0 Å². The second kappa shape index (κ2) is 3.33. The van der Waals surface area contributed by atoms with Crippen LogP contribution in [0.2, 0.25) is 0 Å². The van der Waals surface area contributed by atoms with Gasteiger partial charge in [0.25, 0.3) is 0 Å². The number of hydrogen-bond donors (Lipinski definition) is 2. The lowest BCUT2D eigenvalue weighted by atomic mass is 9.98. The Bertz CT molecular complexity index is 254. The predicted octanol–water partition coefficient (Wildman–Crippen LogP) is 1.84. The number of benzene rings is 1. The van der Waals surface area contributed by atoms with E-state index in [4.69, 9.17) is 16.7 Å². The Kier molecular flexibility index (Phi) is 2.60. The van der Waals surface area contributed by atoms with Gasteiger partial charge in [0.2, 0.25) is 0 Å². The standard InChI is InChI=1S/C9H11ClO2/c1-9(12,6-10)7-2-4-8(11)5-3-7/h2-5,11-12H,6H2,1H3. The minimum Gasteiger partial charge on any atom is -0.508 e. The van der Waals surface area contributed by atoms with Crippen molar-refractivity contribution in [2.24, 2.45) is 0 Å². The van der Waals surface area contributed by atoms with E-state index in [1.165, 1.54) is 12.1 Å². The van der Waals surface area contributed by atoms with E-state index in [9.17, 15) is 5.11 Å². The van der Waals surface area contributed by atoms with Crippen LogP contribution in [-0.2, 0) is 5.60 Å². The first kappa shape index (κ1) is 9.36. The average molecular weight is 187 g/mol. The Morgan fingerprint density at radius 3 is 2.25 bits per heavy atom. The van der Waals surface area contributed by atoms with Gasteiger partial charge in [-0.3, -0.25) is 0 Å². The molecule has 12 heavy (non-hydrogen) atoms. The van der Waals surface area contributed by atoms with Crippen molar-refractivity contribution in [1.29, 1.82) is 0 Å². The molecule has 1 aromatic rings. The molecular weight excluding hydrogens is 176 g/mol. The van der Waals surface area contributed by atoms with Crippen molar-refractivity contribution in [3.63, 3.8) is 0 Å². The van der Waals surface area contributed by atoms with Crippen molar-refractivity contribution in [3.8, 4) is 5.75 Å². The molecule has 0 aliphatic heterocycles. The number of halogens is 1. The molecular formula is C9H11ClO2. The summed E-state index contributed by atoms with van der Waals surface area (Å²) < 4.78 is 0. The first-order valence-corrected chi connectivity index (χ1v) is 4.17. The molecule has 0 aromatic heterocycles. The van der Waals surface area contributed by atoms with Gasteiger partial charge in [-0.25, -0.2) is 0 Å². The highest BCUT2D eigenvalue weighted by Gasteiger charge is 2.20. The van der Waals surface area contributed by atoms with Crippen LogP contribution in [0.5, 0.6) is 5.75 Å². The van der Waals surface area contributed by atoms with Gasteiger partial charge < -0.3 is 10.2 Å². The molecule has 2 nitrogen and oxygen atoms in total. The van der Waals surface area contributed by atoms with Gasteiger partial charge in [0, 0.05) is 0 Å². The van der Waals surface area contributed by atoms with Crippen LogP contribution < -0.4 is 0 Å². The van der Waals surface area contributed by atoms with Crippen LogP contribution in [0, 0.1) is 0 Å². The van der Waals surface area contributed by atoms with E-state index in [1.54, 1.807) is 19.1 Å². The summed E-state index contributed by atoms with van der Waals surface area (Å²) in [7, 11) is 0. The third-order valence-electron chi connectivity index (χ3n) is 1.75. The zero-order valence-corrected chi connectivity index (χ0v) is 7.54. The maximum absolute atomic E-state index is 9.67. The minimum atomic E-state index is -1.02. The fraction of sp³-hybridized carbons (Fsp3) is 0.333. The van der Waals surface area contributed by atoms with Crippen molar-refractivity contribution in [2.45, 2.75) is 12.5 Å². The number of aliphatic hydroxyl groups is 1. The van der Waals surface area contributed by atoms with Crippen LogP contribution in [0.15, 0.2) is 24.3 Å². The van der Waals surface area contributed by atoms with Crippen LogP contribution >= 0.6 is 11.6 Å². The number of rotatable bonds is 2. The molecule has 1 unspecified atom stereocenters. The maximum Gasteiger partial charge on any atom is 0.115 e. The second-order valence-electron chi connectivity index (χ2n) is 2.95. The average Bonchev–Trinajstić information content (AvgIpc) is 2.05. The zero-order chi connectivity index (χ0) is 9.19. The molecule has 0 amide bonds. The molecule has 0 bridgehead atoms. The first-order chi connectivity index (χ1) is 5.56. The summed E-state index contributed by atoms with van der Waals surface area (Å²) in [6.45, 7) is 1.63. The third-order valence-corrected chi connectivity index (χ3v) is 2.27. The van der Waals surface area contributed by atoms with Gasteiger partial charge in [-0.1, -0.05) is 12.1 Å². The summed E-state index contributed by atoms with van der Waals surface area (Å²) in [5, 5.41) is 18.7. The van der Waals surface area contributed by atoms with Gasteiger partial charge in [-0.05, 0) is 24.6 Å². The number of hydrogen-bond acceptors (Lipinski definition) is 2. The lowest BCUT2D eigenvalue weighted by Crippen LogP contribution is -2.22. The Balaban J connectivity index is 2.96. The number of alkyl halides is 1. The highest BCUT2D eigenvalue weighted by atomic mass is 35.5. The van der Waals surface area contributed by atoms with Crippen LogP contribution in [0.3, 0.4) is 0 Å². The molecule has 1 atom stereocenters. The zero-order valence-electron chi connectivity index (χ0n) is 6.79. The van der Waals surface area contributed by atoms with E-state index in [0.717, 1.165) is 0 Å². The number of aromatic hydroxyl groups is 1. The normalized spacial score (nSPS) is 15.6. The first-order valence-electron chi connectivity index (χ1n) is 3.64. The van der Waals surface area contributed by atoms with Crippen molar-refractivity contribution in [3.05, 3.63) is 29.8 Å². The second-order valence-corrected chi connectivity index (χ2v) is 3.22. The quantitative estimate of drug-likeness (QED) is 0.692. The van der Waals surface area contributed by atoms with Gasteiger partial charge in [-0.2, -0.15) is 0 Å². The smallest absolute Gasteiger partial charge is 0.115 e. The highest BCUT2D eigenvalue weighted by molar-refractivity contribution is 6.18. The third kappa shape index (κ3) is 1.90. The monoisotopic (exact) mass is 186 g/mol.